The van der Waals surface area contributed by atoms with Crippen LogP contribution in [0.25, 0.3) is 0 Å². The highest BCUT2D eigenvalue weighted by Crippen LogP contribution is 2.11. The Morgan fingerprint density at radius 3 is 2.83 bits per heavy atom. The van der Waals surface area contributed by atoms with Gasteiger partial charge in [0.2, 0.25) is 0 Å². The second-order valence-electron chi connectivity index (χ2n) is 3.04. The minimum atomic E-state index is -0.306. The monoisotopic (exact) mass is 169 g/mol. The molecule has 0 bridgehead atoms. The van der Waals surface area contributed by atoms with Gasteiger partial charge in [0.15, 0.2) is 0 Å². The molecule has 0 spiro atoms. The van der Waals surface area contributed by atoms with E-state index < -0.39 is 0 Å². The zero-order valence-corrected chi connectivity index (χ0v) is 7.45. The molecule has 0 aliphatic rings. The smallest absolute Gasteiger partial charge is 0.0950 e. The molecular formula is C9H15NO2. The standard InChI is InChI=1S/C9H15NO2/c1-7(11)5-10-8(2)9-3-4-12-6-9/h3-4,6-8,10-11H,5H2,1-2H3. The van der Waals surface area contributed by atoms with Crippen molar-refractivity contribution < 1.29 is 9.52 Å². The van der Waals surface area contributed by atoms with Crippen LogP contribution in [0.5, 0.6) is 0 Å². The van der Waals surface area contributed by atoms with Crippen LogP contribution >= 0.6 is 0 Å². The molecule has 12 heavy (non-hydrogen) atoms. The predicted molar refractivity (Wildman–Crippen MR) is 46.8 cm³/mol. The quantitative estimate of drug-likeness (QED) is 0.714. The number of aliphatic hydroxyl groups excluding tert-OH is 1. The molecule has 2 atom stereocenters. The van der Waals surface area contributed by atoms with Crippen LogP contribution in [0.1, 0.15) is 25.5 Å². The fraction of sp³-hybridized carbons (Fsp3) is 0.556. The summed E-state index contributed by atoms with van der Waals surface area (Å²) >= 11 is 0. The van der Waals surface area contributed by atoms with E-state index in [9.17, 15) is 0 Å². The van der Waals surface area contributed by atoms with E-state index >= 15 is 0 Å². The summed E-state index contributed by atoms with van der Waals surface area (Å²) in [5, 5.41) is 12.2. The first-order chi connectivity index (χ1) is 5.70. The van der Waals surface area contributed by atoms with Crippen LogP contribution in [0.3, 0.4) is 0 Å². The average Bonchev–Trinajstić information content (AvgIpc) is 2.51. The van der Waals surface area contributed by atoms with E-state index in [1.54, 1.807) is 19.5 Å². The van der Waals surface area contributed by atoms with Gasteiger partial charge in [-0.2, -0.15) is 0 Å². The van der Waals surface area contributed by atoms with Gasteiger partial charge in [-0.05, 0) is 19.9 Å². The van der Waals surface area contributed by atoms with Gasteiger partial charge in [-0.3, -0.25) is 0 Å². The third-order valence-electron chi connectivity index (χ3n) is 1.76. The first kappa shape index (κ1) is 9.29. The molecule has 0 fully saturated rings. The highest BCUT2D eigenvalue weighted by Gasteiger charge is 2.06. The Balaban J connectivity index is 2.34. The second kappa shape index (κ2) is 4.28. The lowest BCUT2D eigenvalue weighted by molar-refractivity contribution is 0.187. The molecule has 0 aliphatic carbocycles. The fourth-order valence-electron chi connectivity index (χ4n) is 0.987. The van der Waals surface area contributed by atoms with Crippen molar-refractivity contribution in [3.8, 4) is 0 Å². The minimum absolute atomic E-state index is 0.235. The Morgan fingerprint density at radius 2 is 2.33 bits per heavy atom. The molecule has 3 heteroatoms. The first-order valence-electron chi connectivity index (χ1n) is 4.13. The topological polar surface area (TPSA) is 45.4 Å². The Bertz CT molecular complexity index is 206. The molecule has 0 radical (unpaired) electrons. The number of hydrogen-bond donors (Lipinski definition) is 2. The van der Waals surface area contributed by atoms with Crippen molar-refractivity contribution in [2.45, 2.75) is 26.0 Å². The maximum absolute atomic E-state index is 9.01. The average molecular weight is 169 g/mol. The van der Waals surface area contributed by atoms with Crippen LogP contribution in [0.15, 0.2) is 23.0 Å². The summed E-state index contributed by atoms with van der Waals surface area (Å²) in [6, 6.07) is 2.15. The summed E-state index contributed by atoms with van der Waals surface area (Å²) in [6.45, 7) is 4.40. The van der Waals surface area contributed by atoms with Crippen LogP contribution in [0.4, 0.5) is 0 Å². The number of aliphatic hydroxyl groups is 1. The van der Waals surface area contributed by atoms with Gasteiger partial charge in [0, 0.05) is 18.2 Å². The Morgan fingerprint density at radius 1 is 1.58 bits per heavy atom. The van der Waals surface area contributed by atoms with E-state index in [0.29, 0.717) is 6.54 Å². The van der Waals surface area contributed by atoms with Crippen molar-refractivity contribution in [1.29, 1.82) is 0 Å². The van der Waals surface area contributed by atoms with E-state index in [1.165, 1.54) is 0 Å². The van der Waals surface area contributed by atoms with Crippen molar-refractivity contribution in [2.24, 2.45) is 0 Å². The lowest BCUT2D eigenvalue weighted by atomic mass is 10.2. The zero-order chi connectivity index (χ0) is 8.97. The largest absolute Gasteiger partial charge is 0.472 e. The molecule has 1 aromatic rings. The lowest BCUT2D eigenvalue weighted by Gasteiger charge is -2.12. The van der Waals surface area contributed by atoms with E-state index in [-0.39, 0.29) is 12.1 Å². The van der Waals surface area contributed by atoms with Gasteiger partial charge in [0.1, 0.15) is 0 Å². The Kier molecular flexibility index (Phi) is 3.31. The maximum Gasteiger partial charge on any atom is 0.0950 e. The first-order valence-corrected chi connectivity index (χ1v) is 4.13. The summed E-state index contributed by atoms with van der Waals surface area (Å²) < 4.78 is 4.94. The SMILES string of the molecule is CC(O)CNC(C)c1ccoc1. The van der Waals surface area contributed by atoms with Crippen LogP contribution in [-0.2, 0) is 0 Å². The van der Waals surface area contributed by atoms with Gasteiger partial charge in [0.25, 0.3) is 0 Å². The molecular weight excluding hydrogens is 154 g/mol. The van der Waals surface area contributed by atoms with Crippen LogP contribution < -0.4 is 5.32 Å². The maximum atomic E-state index is 9.01. The second-order valence-corrected chi connectivity index (χ2v) is 3.04. The van der Waals surface area contributed by atoms with Gasteiger partial charge in [-0.25, -0.2) is 0 Å². The van der Waals surface area contributed by atoms with Crippen molar-refractivity contribution in [1.82, 2.24) is 5.32 Å². The Labute approximate surface area is 72.4 Å². The molecule has 2 unspecified atom stereocenters. The van der Waals surface area contributed by atoms with Crippen LogP contribution in [0, 0.1) is 0 Å². The molecule has 0 aliphatic heterocycles. The lowest BCUT2D eigenvalue weighted by Crippen LogP contribution is -2.26. The van der Waals surface area contributed by atoms with Gasteiger partial charge in [-0.15, -0.1) is 0 Å². The van der Waals surface area contributed by atoms with Crippen molar-refractivity contribution in [3.05, 3.63) is 24.2 Å². The van der Waals surface area contributed by atoms with Gasteiger partial charge in [-0.1, -0.05) is 0 Å². The highest BCUT2D eigenvalue weighted by atomic mass is 16.3. The molecule has 0 saturated carbocycles. The summed E-state index contributed by atoms with van der Waals surface area (Å²) in [4.78, 5) is 0. The fourth-order valence-corrected chi connectivity index (χ4v) is 0.987. The van der Waals surface area contributed by atoms with E-state index in [1.807, 2.05) is 13.0 Å². The minimum Gasteiger partial charge on any atom is -0.472 e. The van der Waals surface area contributed by atoms with E-state index in [4.69, 9.17) is 9.52 Å². The van der Waals surface area contributed by atoms with E-state index in [2.05, 4.69) is 5.32 Å². The molecule has 1 heterocycles. The molecule has 1 rings (SSSR count). The normalized spacial score (nSPS) is 15.9. The van der Waals surface area contributed by atoms with Crippen LogP contribution in [-0.4, -0.2) is 17.8 Å². The molecule has 0 amide bonds. The predicted octanol–water partition coefficient (Wildman–Crippen LogP) is 1.31. The molecule has 2 N–H and O–H groups in total. The third-order valence-corrected chi connectivity index (χ3v) is 1.76. The highest BCUT2D eigenvalue weighted by molar-refractivity contribution is 5.10. The molecule has 0 saturated heterocycles. The summed E-state index contributed by atoms with van der Waals surface area (Å²) in [6.07, 6.45) is 3.05. The molecule has 1 aromatic heterocycles. The zero-order valence-electron chi connectivity index (χ0n) is 7.45. The van der Waals surface area contributed by atoms with Crippen molar-refractivity contribution in [2.75, 3.05) is 6.54 Å². The number of rotatable bonds is 4. The number of nitrogens with one attached hydrogen (secondary N) is 1. The number of furan rings is 1. The van der Waals surface area contributed by atoms with Gasteiger partial charge in [0.05, 0.1) is 18.6 Å². The third kappa shape index (κ3) is 2.68. The van der Waals surface area contributed by atoms with Crippen LogP contribution in [0.2, 0.25) is 0 Å². The van der Waals surface area contributed by atoms with Crippen molar-refractivity contribution >= 4 is 0 Å². The molecule has 3 nitrogen and oxygen atoms in total. The van der Waals surface area contributed by atoms with Gasteiger partial charge >= 0.3 is 0 Å². The van der Waals surface area contributed by atoms with Gasteiger partial charge < -0.3 is 14.8 Å². The van der Waals surface area contributed by atoms with Crippen molar-refractivity contribution in [3.63, 3.8) is 0 Å². The molecule has 68 valence electrons. The Hall–Kier alpha value is -0.800. The molecule has 0 aromatic carbocycles. The number of hydrogen-bond acceptors (Lipinski definition) is 3. The summed E-state index contributed by atoms with van der Waals surface area (Å²) in [7, 11) is 0. The van der Waals surface area contributed by atoms with E-state index in [0.717, 1.165) is 5.56 Å². The summed E-state index contributed by atoms with van der Waals surface area (Å²) in [5.74, 6) is 0. The summed E-state index contributed by atoms with van der Waals surface area (Å²) in [5.41, 5.74) is 1.11.